The summed E-state index contributed by atoms with van der Waals surface area (Å²) >= 11 is 0. The van der Waals surface area contributed by atoms with Crippen molar-refractivity contribution in [2.45, 2.75) is 104 Å². The second kappa shape index (κ2) is 19.8. The van der Waals surface area contributed by atoms with Crippen molar-refractivity contribution in [2.24, 2.45) is 5.92 Å². The van der Waals surface area contributed by atoms with E-state index in [1.807, 2.05) is 68.5 Å². The SMILES string of the molecule is C=CCC1(C)OCc2c(N3CCOC[C@@H]3C)nc(-c3ccc(NC(=O)NCC)cc3)nc21.CCNC(=O)Nc1ccc(-c2nc(N3CCOC[C@@H]3C)c3c(n2)C(C)(CC2CC2)OC3)cc1. The van der Waals surface area contributed by atoms with Gasteiger partial charge in [-0.15, -0.1) is 6.58 Å². The normalized spacial score (nSPS) is 23.4. The van der Waals surface area contributed by atoms with Gasteiger partial charge >= 0.3 is 12.1 Å². The minimum Gasteiger partial charge on any atom is -0.377 e. The summed E-state index contributed by atoms with van der Waals surface area (Å²) in [5.74, 6) is 3.94. The van der Waals surface area contributed by atoms with E-state index in [0.29, 0.717) is 76.5 Å². The maximum atomic E-state index is 11.8. The Balaban J connectivity index is 0.000000177. The van der Waals surface area contributed by atoms with E-state index in [4.69, 9.17) is 38.9 Å². The van der Waals surface area contributed by atoms with Gasteiger partial charge < -0.3 is 50.0 Å². The number of urea groups is 2. The molecule has 16 heteroatoms. The number of nitrogens with one attached hydrogen (secondary N) is 4. The highest BCUT2D eigenvalue weighted by atomic mass is 16.5. The van der Waals surface area contributed by atoms with Gasteiger partial charge in [0.1, 0.15) is 22.8 Å². The number of morpholine rings is 2. The molecule has 65 heavy (non-hydrogen) atoms. The zero-order valence-corrected chi connectivity index (χ0v) is 38.7. The summed E-state index contributed by atoms with van der Waals surface area (Å²) in [6.07, 6.45) is 6.10. The number of fused-ring (bicyclic) bond motifs is 2. The molecule has 4 aromatic rings. The Bertz CT molecular complexity index is 2340. The van der Waals surface area contributed by atoms with Gasteiger partial charge in [0.25, 0.3) is 0 Å². The molecule has 16 nitrogen and oxygen atoms in total. The number of nitrogens with zero attached hydrogens (tertiary/aromatic N) is 6. The van der Waals surface area contributed by atoms with Crippen molar-refractivity contribution in [3.8, 4) is 22.8 Å². The first-order valence-corrected chi connectivity index (χ1v) is 23.1. The number of carbonyl (C=O) groups excluding carboxylic acids is 2. The van der Waals surface area contributed by atoms with Crippen molar-refractivity contribution in [3.63, 3.8) is 0 Å². The number of benzene rings is 2. The topological polar surface area (TPSA) is 177 Å². The Morgan fingerprint density at radius 2 is 1.15 bits per heavy atom. The van der Waals surface area contributed by atoms with Crippen molar-refractivity contribution in [1.29, 1.82) is 0 Å². The smallest absolute Gasteiger partial charge is 0.319 e. The van der Waals surface area contributed by atoms with E-state index < -0.39 is 5.60 Å². The number of ether oxygens (including phenoxy) is 4. The third kappa shape index (κ3) is 10.3. The van der Waals surface area contributed by atoms with Crippen molar-refractivity contribution in [1.82, 2.24) is 30.6 Å². The fourth-order valence-corrected chi connectivity index (χ4v) is 9.04. The van der Waals surface area contributed by atoms with E-state index in [1.54, 1.807) is 0 Å². The van der Waals surface area contributed by atoms with Crippen LogP contribution in [0.1, 0.15) is 89.7 Å². The number of aromatic nitrogens is 4. The van der Waals surface area contributed by atoms with Crippen molar-refractivity contribution in [3.05, 3.63) is 83.7 Å². The molecule has 2 aromatic heterocycles. The lowest BCUT2D eigenvalue weighted by atomic mass is 9.93. The van der Waals surface area contributed by atoms with Gasteiger partial charge in [-0.1, -0.05) is 18.9 Å². The molecule has 346 valence electrons. The highest BCUT2D eigenvalue weighted by Gasteiger charge is 2.45. The third-order valence-electron chi connectivity index (χ3n) is 12.7. The lowest BCUT2D eigenvalue weighted by Crippen LogP contribution is -2.44. The fraction of sp³-hybridized carbons (Fsp3) is 0.510. The molecular weight excluding hydrogens is 825 g/mol. The number of anilines is 4. The average Bonchev–Trinajstić information content (AvgIpc) is 3.96. The van der Waals surface area contributed by atoms with E-state index in [0.717, 1.165) is 76.4 Å². The second-order valence-electron chi connectivity index (χ2n) is 17.9. The highest BCUT2D eigenvalue weighted by molar-refractivity contribution is 5.90. The van der Waals surface area contributed by atoms with Crippen LogP contribution in [0.2, 0.25) is 0 Å². The van der Waals surface area contributed by atoms with Gasteiger partial charge in [-0.2, -0.15) is 0 Å². The quantitative estimate of drug-likeness (QED) is 0.101. The monoisotopic (exact) mass is 889 g/mol. The van der Waals surface area contributed by atoms with Gasteiger partial charge in [0.15, 0.2) is 11.6 Å². The molecular formula is C49H64N10O6. The molecule has 4 aliphatic heterocycles. The van der Waals surface area contributed by atoms with E-state index >= 15 is 0 Å². The average molecular weight is 889 g/mol. The van der Waals surface area contributed by atoms with E-state index in [-0.39, 0.29) is 29.7 Å². The minimum atomic E-state index is -0.529. The van der Waals surface area contributed by atoms with Crippen LogP contribution in [0.25, 0.3) is 22.8 Å². The lowest BCUT2D eigenvalue weighted by Gasteiger charge is -2.35. The van der Waals surface area contributed by atoms with E-state index in [2.05, 4.69) is 65.3 Å². The van der Waals surface area contributed by atoms with E-state index in [9.17, 15) is 9.59 Å². The summed E-state index contributed by atoms with van der Waals surface area (Å²) in [4.78, 5) is 48.3. The van der Waals surface area contributed by atoms with Crippen LogP contribution >= 0.6 is 0 Å². The summed E-state index contributed by atoms with van der Waals surface area (Å²) in [7, 11) is 0. The molecule has 3 fully saturated rings. The van der Waals surface area contributed by atoms with Crippen LogP contribution in [0, 0.1) is 5.92 Å². The molecule has 4 amide bonds. The first-order valence-electron chi connectivity index (χ1n) is 23.1. The van der Waals surface area contributed by atoms with Gasteiger partial charge in [0, 0.05) is 59.8 Å². The molecule has 6 heterocycles. The molecule has 2 aromatic carbocycles. The summed E-state index contributed by atoms with van der Waals surface area (Å²) in [6.45, 7) is 22.7. The summed E-state index contributed by atoms with van der Waals surface area (Å²) < 4.78 is 23.9. The molecule has 1 aliphatic carbocycles. The summed E-state index contributed by atoms with van der Waals surface area (Å²) in [5.41, 5.74) is 6.44. The maximum Gasteiger partial charge on any atom is 0.319 e. The lowest BCUT2D eigenvalue weighted by molar-refractivity contribution is -0.0356. The predicted molar refractivity (Wildman–Crippen MR) is 252 cm³/mol. The van der Waals surface area contributed by atoms with Crippen molar-refractivity contribution >= 4 is 35.1 Å². The van der Waals surface area contributed by atoms with Crippen LogP contribution in [-0.2, 0) is 43.4 Å². The Morgan fingerprint density at radius 1 is 0.708 bits per heavy atom. The molecule has 2 saturated heterocycles. The standard InChI is InChI=1S/C25H33N5O3.C24H31N5O3/c1-4-26-24(31)27-19-9-7-18(8-10-19)22-28-21-20(15-33-25(21,3)13-17-5-6-17)23(29-22)30-11-12-32-14-16(30)2;1-5-11-24(4)20-19(15-32-24)22(29-12-13-31-14-16(29)3)28-21(27-20)17-7-9-18(10-8-17)26-23(30)25-6-2/h7-10,16-17H,4-6,11-15H2,1-3H3,(H2,26,27,31);5,7-10,16H,1,6,11-15H2,2-4H3,(H2,25,26,30)/t16-,25?;16-,24?/m00/s1. The van der Waals surface area contributed by atoms with Crippen LogP contribution in [0.15, 0.2) is 61.2 Å². The first-order chi connectivity index (χ1) is 31.4. The Hall–Kier alpha value is -5.68. The highest BCUT2D eigenvalue weighted by Crippen LogP contribution is 2.49. The zero-order valence-electron chi connectivity index (χ0n) is 38.7. The van der Waals surface area contributed by atoms with Crippen molar-refractivity contribution < 1.29 is 28.5 Å². The number of hydrogen-bond acceptors (Lipinski definition) is 12. The molecule has 4 atom stereocenters. The number of rotatable bonds is 12. The van der Waals surface area contributed by atoms with Crippen LogP contribution < -0.4 is 31.1 Å². The van der Waals surface area contributed by atoms with Gasteiger partial charge in [-0.25, -0.2) is 29.5 Å². The molecule has 1 saturated carbocycles. The van der Waals surface area contributed by atoms with E-state index in [1.165, 1.54) is 12.8 Å². The first kappa shape index (κ1) is 45.9. The summed E-state index contributed by atoms with van der Waals surface area (Å²) in [5, 5.41) is 11.1. The number of amides is 4. The maximum absolute atomic E-state index is 11.8. The van der Waals surface area contributed by atoms with Crippen LogP contribution in [0.4, 0.5) is 32.6 Å². The molecule has 0 spiro atoms. The predicted octanol–water partition coefficient (Wildman–Crippen LogP) is 7.89. The van der Waals surface area contributed by atoms with Crippen LogP contribution in [0.3, 0.4) is 0 Å². The van der Waals surface area contributed by atoms with Crippen molar-refractivity contribution in [2.75, 3.05) is 73.0 Å². The fourth-order valence-electron chi connectivity index (χ4n) is 9.04. The van der Waals surface area contributed by atoms with Gasteiger partial charge in [0.05, 0.1) is 63.1 Å². The molecule has 2 unspecified atom stereocenters. The summed E-state index contributed by atoms with van der Waals surface area (Å²) in [6, 6.07) is 15.3. The minimum absolute atomic E-state index is 0.212. The molecule has 0 bridgehead atoms. The molecule has 0 radical (unpaired) electrons. The van der Waals surface area contributed by atoms with Crippen LogP contribution in [-0.4, -0.2) is 96.7 Å². The zero-order chi connectivity index (χ0) is 45.7. The molecule has 4 N–H and O–H groups in total. The van der Waals surface area contributed by atoms with Crippen LogP contribution in [0.5, 0.6) is 0 Å². The number of hydrogen-bond donors (Lipinski definition) is 4. The Labute approximate surface area is 382 Å². The van der Waals surface area contributed by atoms with Gasteiger partial charge in [0.2, 0.25) is 0 Å². The number of carbonyl (C=O) groups is 2. The molecule has 5 aliphatic rings. The molecule has 9 rings (SSSR count). The third-order valence-corrected chi connectivity index (χ3v) is 12.7. The second-order valence-corrected chi connectivity index (χ2v) is 17.9. The van der Waals surface area contributed by atoms with Gasteiger partial charge in [-0.3, -0.25) is 0 Å². The largest absolute Gasteiger partial charge is 0.377 e. The Morgan fingerprint density at radius 3 is 1.57 bits per heavy atom. The van der Waals surface area contributed by atoms with Gasteiger partial charge in [-0.05, 0) is 109 Å². The Kier molecular flexibility index (Phi) is 14.0.